The molecule has 0 unspecified atom stereocenters. The fourth-order valence-corrected chi connectivity index (χ4v) is 3.17. The molecule has 0 aromatic carbocycles. The van der Waals surface area contributed by atoms with E-state index < -0.39 is 8.32 Å². The summed E-state index contributed by atoms with van der Waals surface area (Å²) in [5.74, 6) is 0. The maximum Gasteiger partial charge on any atom is 1.00 e. The molecule has 4 heteroatoms. The van der Waals surface area contributed by atoms with Crippen molar-refractivity contribution in [3.8, 4) is 0 Å². The molecule has 17 heavy (non-hydrogen) atoms. The van der Waals surface area contributed by atoms with E-state index >= 15 is 0 Å². The molecule has 0 spiro atoms. The predicted molar refractivity (Wildman–Crippen MR) is 84.5 cm³/mol. The van der Waals surface area contributed by atoms with Gasteiger partial charge in [0.2, 0.25) is 0 Å². The molecular formula is C13H28ILiOSi. The van der Waals surface area contributed by atoms with Crippen LogP contribution in [0, 0.1) is 9.84 Å². The Balaban J connectivity index is 0. The van der Waals surface area contributed by atoms with Crippen molar-refractivity contribution in [3.63, 3.8) is 0 Å². The number of halogens is 1. The summed E-state index contributed by atoms with van der Waals surface area (Å²) in [7, 11) is -1.64. The van der Waals surface area contributed by atoms with E-state index in [4.69, 9.17) is 4.43 Å². The maximum absolute atomic E-state index is 6.51. The first kappa shape index (κ1) is 20.8. The quantitative estimate of drug-likeness (QED) is 0.424. The minimum atomic E-state index is -1.64. The monoisotopic (exact) mass is 362 g/mol. The third-order valence-corrected chi connectivity index (χ3v) is 8.51. The summed E-state index contributed by atoms with van der Waals surface area (Å²) in [4.78, 5) is 0. The van der Waals surface area contributed by atoms with Gasteiger partial charge in [-0.1, -0.05) is 41.5 Å². The van der Waals surface area contributed by atoms with E-state index in [2.05, 4.69) is 81.7 Å². The molecular weight excluding hydrogens is 334 g/mol. The van der Waals surface area contributed by atoms with Crippen LogP contribution in [0.4, 0.5) is 0 Å². The van der Waals surface area contributed by atoms with Gasteiger partial charge in [-0.2, -0.15) is 0 Å². The average molecular weight is 362 g/mol. The molecule has 0 saturated heterocycles. The molecule has 0 aliphatic rings. The Morgan fingerprint density at radius 3 is 1.76 bits per heavy atom. The van der Waals surface area contributed by atoms with Crippen LogP contribution in [0.1, 0.15) is 48.0 Å². The molecule has 98 valence electrons. The Bertz CT molecular complexity index is 218. The second kappa shape index (κ2) is 7.33. The number of rotatable bonds is 4. The van der Waals surface area contributed by atoms with Crippen molar-refractivity contribution < 1.29 is 23.3 Å². The van der Waals surface area contributed by atoms with E-state index in [1.54, 1.807) is 0 Å². The molecule has 0 aromatic rings. The molecule has 0 rings (SSSR count). The topological polar surface area (TPSA) is 9.23 Å². The van der Waals surface area contributed by atoms with Crippen molar-refractivity contribution in [1.82, 2.24) is 0 Å². The van der Waals surface area contributed by atoms with Crippen LogP contribution < -0.4 is 18.9 Å². The minimum Gasteiger partial charge on any atom is -0.416 e. The van der Waals surface area contributed by atoms with E-state index in [1.807, 2.05) is 0 Å². The van der Waals surface area contributed by atoms with E-state index in [1.165, 1.54) is 0 Å². The van der Waals surface area contributed by atoms with Crippen LogP contribution in [0.15, 0.2) is 0 Å². The van der Waals surface area contributed by atoms with E-state index in [0.29, 0.717) is 11.1 Å². The predicted octanol–water partition coefficient (Wildman–Crippen LogP) is 2.41. The molecule has 0 aliphatic carbocycles. The zero-order valence-electron chi connectivity index (χ0n) is 13.1. The van der Waals surface area contributed by atoms with Gasteiger partial charge in [0.1, 0.15) is 0 Å². The van der Waals surface area contributed by atoms with Crippen LogP contribution >= 0.6 is 22.6 Å². The van der Waals surface area contributed by atoms with Gasteiger partial charge in [0.15, 0.2) is 8.32 Å². The van der Waals surface area contributed by atoms with Crippen molar-refractivity contribution in [2.75, 3.05) is 0 Å². The first-order chi connectivity index (χ1) is 6.92. The van der Waals surface area contributed by atoms with Crippen molar-refractivity contribution in [2.45, 2.75) is 72.2 Å². The third-order valence-electron chi connectivity index (χ3n) is 3.51. The molecule has 0 amide bonds. The van der Waals surface area contributed by atoms with Crippen LogP contribution in [0.2, 0.25) is 18.1 Å². The van der Waals surface area contributed by atoms with E-state index in [9.17, 15) is 0 Å². The van der Waals surface area contributed by atoms with Crippen molar-refractivity contribution >= 4 is 30.9 Å². The Labute approximate surface area is 135 Å². The summed E-state index contributed by atoms with van der Waals surface area (Å²) in [6.07, 6.45) is 1.38. The maximum atomic E-state index is 6.51. The van der Waals surface area contributed by atoms with Gasteiger partial charge in [-0.3, -0.25) is 4.43 Å². The number of hydrogen-bond acceptors (Lipinski definition) is 1. The van der Waals surface area contributed by atoms with Crippen LogP contribution in [-0.2, 0) is 4.43 Å². The van der Waals surface area contributed by atoms with Gasteiger partial charge in [-0.05, 0) is 23.5 Å². The summed E-state index contributed by atoms with van der Waals surface area (Å²) in [5, 5.41) is 0.293. The van der Waals surface area contributed by atoms with Gasteiger partial charge in [0, 0.05) is 6.10 Å². The number of hydrogen-bond donors (Lipinski definition) is 0. The zero-order valence-corrected chi connectivity index (χ0v) is 16.3. The van der Waals surface area contributed by atoms with Crippen LogP contribution in [0.3, 0.4) is 0 Å². The Morgan fingerprint density at radius 1 is 1.12 bits per heavy atom. The van der Waals surface area contributed by atoms with E-state index in [-0.39, 0.29) is 24.3 Å². The van der Waals surface area contributed by atoms with Crippen molar-refractivity contribution in [3.05, 3.63) is 4.43 Å². The third kappa shape index (κ3) is 7.01. The molecule has 0 fully saturated rings. The summed E-state index contributed by atoms with van der Waals surface area (Å²) < 4.78 is 8.71. The van der Waals surface area contributed by atoms with Gasteiger partial charge in [-0.15, -0.1) is 6.42 Å². The second-order valence-electron chi connectivity index (χ2n) is 7.12. The first-order valence-electron chi connectivity index (χ1n) is 6.01. The van der Waals surface area contributed by atoms with Gasteiger partial charge in [0.05, 0.1) is 0 Å². The van der Waals surface area contributed by atoms with E-state index in [0.717, 1.165) is 6.42 Å². The fraction of sp³-hybridized carbons (Fsp3) is 0.923. The van der Waals surface area contributed by atoms with Crippen LogP contribution in [0.5, 0.6) is 0 Å². The summed E-state index contributed by atoms with van der Waals surface area (Å²) in [6, 6.07) is 0. The molecule has 0 aliphatic heterocycles. The first-order valence-corrected chi connectivity index (χ1v) is 10.2. The van der Waals surface area contributed by atoms with Gasteiger partial charge < -0.3 is 27.0 Å². The largest absolute Gasteiger partial charge is 1.00 e. The Morgan fingerprint density at radius 2 is 1.53 bits per heavy atom. The zero-order chi connectivity index (χ0) is 13.2. The normalized spacial score (nSPS) is 15.4. The minimum absolute atomic E-state index is 0. The smallest absolute Gasteiger partial charge is 0.416 e. The van der Waals surface area contributed by atoms with Gasteiger partial charge >= 0.3 is 18.9 Å². The van der Waals surface area contributed by atoms with Crippen LogP contribution in [0.25, 0.3) is 0 Å². The summed E-state index contributed by atoms with van der Waals surface area (Å²) >= 11 is 2.33. The molecule has 1 nitrogen and oxygen atoms in total. The molecule has 0 N–H and O–H groups in total. The Hall–Kier alpha value is 1.50. The average Bonchev–Trinajstić information content (AvgIpc) is 1.99. The molecule has 0 saturated carbocycles. The van der Waals surface area contributed by atoms with Gasteiger partial charge in [0.25, 0.3) is 0 Å². The SMILES string of the molecule is CC(C)(C)[C@H](C[CH-]I)O[Si](C)(C)C(C)(C)C.[Li+]. The fourth-order valence-electron chi connectivity index (χ4n) is 1.19. The Kier molecular flexibility index (Phi) is 8.97. The van der Waals surface area contributed by atoms with Crippen molar-refractivity contribution in [2.24, 2.45) is 5.41 Å². The standard InChI is InChI=1S/C13H28IOSi.Li/c1-12(2,3)11(9-10-14)15-16(7,8)13(4,5)6;/h10-11H,9H2,1-8H3;/q-1;+1/t11-;/m0./s1. The summed E-state index contributed by atoms with van der Waals surface area (Å²) in [5.41, 5.74) is 0.219. The molecule has 0 bridgehead atoms. The molecule has 0 heterocycles. The molecule has 1 atom stereocenters. The van der Waals surface area contributed by atoms with Crippen LogP contribution in [-0.4, -0.2) is 14.4 Å². The van der Waals surface area contributed by atoms with Crippen molar-refractivity contribution in [1.29, 1.82) is 0 Å². The molecule has 0 aromatic heterocycles. The molecule has 0 radical (unpaired) electrons. The second-order valence-corrected chi connectivity index (χ2v) is 12.8. The van der Waals surface area contributed by atoms with Gasteiger partial charge in [-0.25, -0.2) is 0 Å². The summed E-state index contributed by atoms with van der Waals surface area (Å²) in [6.45, 7) is 18.4.